The first kappa shape index (κ1) is 10.1. The second kappa shape index (κ2) is 4.42. The zero-order chi connectivity index (χ0) is 11.5. The predicted molar refractivity (Wildman–Crippen MR) is 70.5 cm³/mol. The van der Waals surface area contributed by atoms with E-state index >= 15 is 0 Å². The highest BCUT2D eigenvalue weighted by Crippen LogP contribution is 2.12. The minimum absolute atomic E-state index is 1.01. The monoisotopic (exact) mass is 223 g/mol. The Morgan fingerprint density at radius 2 is 1.65 bits per heavy atom. The van der Waals surface area contributed by atoms with E-state index in [2.05, 4.69) is 52.7 Å². The highest BCUT2D eigenvalue weighted by Gasteiger charge is 2.15. The van der Waals surface area contributed by atoms with Crippen LogP contribution in [-0.4, -0.2) is 17.4 Å². The molecule has 1 heterocycles. The van der Waals surface area contributed by atoms with Crippen molar-refractivity contribution in [2.45, 2.75) is 6.42 Å². The number of nitrogens with one attached hydrogen (secondary N) is 1. The molecule has 17 heavy (non-hydrogen) atoms. The van der Waals surface area contributed by atoms with Gasteiger partial charge in [0.2, 0.25) is 6.21 Å². The second-order valence-electron chi connectivity index (χ2n) is 4.25. The van der Waals surface area contributed by atoms with Crippen LogP contribution in [0.3, 0.4) is 0 Å². The molecule has 0 atom stereocenters. The van der Waals surface area contributed by atoms with E-state index in [0.29, 0.717) is 0 Å². The topological polar surface area (TPSA) is 15.0 Å². The molecule has 2 heteroatoms. The third-order valence-electron chi connectivity index (χ3n) is 3.02. The van der Waals surface area contributed by atoms with Gasteiger partial charge in [0.05, 0.1) is 5.69 Å². The minimum atomic E-state index is 1.01. The average molecular weight is 223 g/mol. The first-order valence-corrected chi connectivity index (χ1v) is 5.93. The Bertz CT molecular complexity index is 544. The number of benzene rings is 2. The van der Waals surface area contributed by atoms with Crippen molar-refractivity contribution in [3.63, 3.8) is 0 Å². The first-order valence-electron chi connectivity index (χ1n) is 5.93. The minimum Gasteiger partial charge on any atom is -0.166 e. The molecule has 0 radical (unpaired) electrons. The third-order valence-corrected chi connectivity index (χ3v) is 3.02. The molecule has 0 aromatic heterocycles. The zero-order valence-corrected chi connectivity index (χ0v) is 9.63. The van der Waals surface area contributed by atoms with Crippen molar-refractivity contribution >= 4 is 11.9 Å². The van der Waals surface area contributed by atoms with Crippen LogP contribution in [0.25, 0.3) is 0 Å². The summed E-state index contributed by atoms with van der Waals surface area (Å²) < 4.78 is 2.15. The van der Waals surface area contributed by atoms with Gasteiger partial charge in [0, 0.05) is 12.0 Å². The van der Waals surface area contributed by atoms with Crippen LogP contribution in [0.1, 0.15) is 11.1 Å². The summed E-state index contributed by atoms with van der Waals surface area (Å²) in [7, 11) is 0. The van der Waals surface area contributed by atoms with Crippen molar-refractivity contribution in [1.82, 2.24) is 0 Å². The Labute approximate surface area is 101 Å². The van der Waals surface area contributed by atoms with Gasteiger partial charge < -0.3 is 0 Å². The van der Waals surface area contributed by atoms with Crippen molar-refractivity contribution in [1.29, 1.82) is 0 Å². The predicted octanol–water partition coefficient (Wildman–Crippen LogP) is 2.70. The van der Waals surface area contributed by atoms with E-state index in [-0.39, 0.29) is 0 Å². The lowest BCUT2D eigenvalue weighted by Crippen LogP contribution is -2.27. The number of rotatable bonds is 2. The molecule has 0 saturated carbocycles. The lowest BCUT2D eigenvalue weighted by Gasteiger charge is -2.12. The van der Waals surface area contributed by atoms with Crippen LogP contribution in [0.2, 0.25) is 0 Å². The Morgan fingerprint density at radius 3 is 2.53 bits per heavy atom. The fraction of sp³-hybridized carbons (Fsp3) is 0.133. The van der Waals surface area contributed by atoms with Gasteiger partial charge in [-0.1, -0.05) is 36.4 Å². The van der Waals surface area contributed by atoms with Crippen LogP contribution in [0.15, 0.2) is 54.6 Å². The summed E-state index contributed by atoms with van der Waals surface area (Å²) in [6, 6.07) is 18.8. The maximum absolute atomic E-state index is 3.40. The number of anilines is 1. The van der Waals surface area contributed by atoms with Gasteiger partial charge in [-0.25, -0.2) is 0 Å². The molecule has 0 bridgehead atoms. The highest BCUT2D eigenvalue weighted by atomic mass is 15.4. The smallest absolute Gasteiger partial charge is 0.166 e. The normalized spacial score (nSPS) is 13.8. The molecule has 0 amide bonds. The van der Waals surface area contributed by atoms with E-state index < -0.39 is 0 Å². The fourth-order valence-corrected chi connectivity index (χ4v) is 2.13. The lowest BCUT2D eigenvalue weighted by atomic mass is 10.0. The van der Waals surface area contributed by atoms with Gasteiger partial charge in [0.25, 0.3) is 0 Å². The Kier molecular flexibility index (Phi) is 2.62. The first-order chi connectivity index (χ1) is 8.42. The number of hydrogen-bond donors (Lipinski definition) is 1. The van der Waals surface area contributed by atoms with Crippen LogP contribution in [0.5, 0.6) is 0 Å². The number of nitrogens with zero attached hydrogens (tertiary/aromatic N) is 1. The van der Waals surface area contributed by atoms with Crippen LogP contribution in [-0.2, 0) is 6.42 Å². The number of hydrazone groups is 1. The Morgan fingerprint density at radius 1 is 0.882 bits per heavy atom. The van der Waals surface area contributed by atoms with Gasteiger partial charge >= 0.3 is 0 Å². The van der Waals surface area contributed by atoms with Gasteiger partial charge in [-0.05, 0) is 23.8 Å². The van der Waals surface area contributed by atoms with E-state index in [4.69, 9.17) is 0 Å². The summed E-state index contributed by atoms with van der Waals surface area (Å²) in [6.07, 6.45) is 3.26. The fourth-order valence-electron chi connectivity index (χ4n) is 2.13. The maximum Gasteiger partial charge on any atom is 0.201 e. The maximum atomic E-state index is 3.40. The van der Waals surface area contributed by atoms with Crippen LogP contribution in [0.4, 0.5) is 5.69 Å². The molecule has 2 aromatic rings. The van der Waals surface area contributed by atoms with E-state index in [1.807, 2.05) is 18.2 Å². The van der Waals surface area contributed by atoms with Crippen molar-refractivity contribution in [3.8, 4) is 0 Å². The largest absolute Gasteiger partial charge is 0.201 e. The molecule has 3 rings (SSSR count). The summed E-state index contributed by atoms with van der Waals surface area (Å²) in [5.41, 5.74) is 7.26. The zero-order valence-electron chi connectivity index (χ0n) is 9.63. The standard InChI is InChI=1S/C15H15N2/c1-2-8-15(9-3-1)16-17-11-10-13-6-4-5-7-14(13)12-17/h1-9,12,16H,10-11H2/q+1. The number of para-hydroxylation sites is 1. The molecule has 0 unspecified atom stereocenters. The van der Waals surface area contributed by atoms with Crippen LogP contribution >= 0.6 is 0 Å². The van der Waals surface area contributed by atoms with Crippen molar-refractivity contribution in [2.24, 2.45) is 0 Å². The van der Waals surface area contributed by atoms with Crippen molar-refractivity contribution in [2.75, 3.05) is 12.0 Å². The van der Waals surface area contributed by atoms with E-state index in [9.17, 15) is 0 Å². The molecule has 0 saturated heterocycles. The van der Waals surface area contributed by atoms with E-state index in [1.165, 1.54) is 11.1 Å². The number of hydrazine groups is 1. The molecule has 0 fully saturated rings. The average Bonchev–Trinajstić information content (AvgIpc) is 2.40. The number of fused-ring (bicyclic) bond motifs is 1. The molecular formula is C15H15N2+. The molecule has 0 spiro atoms. The van der Waals surface area contributed by atoms with E-state index in [1.54, 1.807) is 0 Å². The van der Waals surface area contributed by atoms with E-state index in [0.717, 1.165) is 18.7 Å². The van der Waals surface area contributed by atoms with Crippen LogP contribution < -0.4 is 5.43 Å². The van der Waals surface area contributed by atoms with Gasteiger partial charge in [0.1, 0.15) is 0 Å². The SMILES string of the molecule is C1=[N+](Nc2ccccc2)CCc2ccccc21. The highest BCUT2D eigenvalue weighted by molar-refractivity contribution is 5.78. The Hall–Kier alpha value is -2.09. The summed E-state index contributed by atoms with van der Waals surface area (Å²) in [5, 5.41) is 0. The van der Waals surface area contributed by atoms with Gasteiger partial charge in [-0.15, -0.1) is 4.68 Å². The van der Waals surface area contributed by atoms with Crippen molar-refractivity contribution < 1.29 is 4.68 Å². The van der Waals surface area contributed by atoms with Gasteiger partial charge in [-0.3, -0.25) is 0 Å². The quantitative estimate of drug-likeness (QED) is 0.774. The van der Waals surface area contributed by atoms with Crippen LogP contribution in [0, 0.1) is 0 Å². The van der Waals surface area contributed by atoms with Crippen molar-refractivity contribution in [3.05, 3.63) is 65.7 Å². The number of hydrogen-bond acceptors (Lipinski definition) is 1. The molecule has 2 nitrogen and oxygen atoms in total. The second-order valence-corrected chi connectivity index (χ2v) is 4.25. The molecule has 0 aliphatic carbocycles. The van der Waals surface area contributed by atoms with Gasteiger partial charge in [-0.2, -0.15) is 5.43 Å². The lowest BCUT2D eigenvalue weighted by molar-refractivity contribution is -0.492. The summed E-state index contributed by atoms with van der Waals surface area (Å²) in [6.45, 7) is 1.01. The molecule has 2 aromatic carbocycles. The molecule has 84 valence electrons. The Balaban J connectivity index is 1.85. The summed E-state index contributed by atoms with van der Waals surface area (Å²) in [5.74, 6) is 0. The summed E-state index contributed by atoms with van der Waals surface area (Å²) in [4.78, 5) is 0. The van der Waals surface area contributed by atoms with Gasteiger partial charge in [0.15, 0.2) is 6.54 Å². The molecule has 1 aliphatic rings. The third kappa shape index (κ3) is 2.21. The molecule has 1 aliphatic heterocycles. The molecular weight excluding hydrogens is 208 g/mol. The molecule has 1 N–H and O–H groups in total. The summed E-state index contributed by atoms with van der Waals surface area (Å²) >= 11 is 0.